The lowest BCUT2D eigenvalue weighted by Gasteiger charge is -2.26. The number of carbonyl (C=O) groups is 2. The molecular formula is C16H17FN2O3. The van der Waals surface area contributed by atoms with Gasteiger partial charge in [-0.05, 0) is 37.5 Å². The molecule has 0 aromatic heterocycles. The molecule has 1 fully saturated rings. The Bertz CT molecular complexity index is 624. The van der Waals surface area contributed by atoms with Crippen LogP contribution in [0.2, 0.25) is 0 Å². The molecule has 5 nitrogen and oxygen atoms in total. The van der Waals surface area contributed by atoms with Gasteiger partial charge in [0.25, 0.3) is 0 Å². The first-order valence-corrected chi connectivity index (χ1v) is 7.19. The summed E-state index contributed by atoms with van der Waals surface area (Å²) >= 11 is 0. The Labute approximate surface area is 128 Å². The standard InChI is InChI=1S/C16H17FN2O3/c1-10(20)19-14-8-11(6-7-13(14)17)16(21)22-15-5-3-2-4-12(15)9-18/h6-8,12,15H,2-5H2,1H3,(H,19,20)/t12-,15-/m1/s1. The Morgan fingerprint density at radius 1 is 1.36 bits per heavy atom. The number of ether oxygens (including phenoxy) is 1. The molecule has 0 unspecified atom stereocenters. The zero-order chi connectivity index (χ0) is 16.1. The van der Waals surface area contributed by atoms with Gasteiger partial charge in [-0.25, -0.2) is 9.18 Å². The molecule has 0 radical (unpaired) electrons. The summed E-state index contributed by atoms with van der Waals surface area (Å²) < 4.78 is 18.9. The molecule has 1 amide bonds. The van der Waals surface area contributed by atoms with Crippen molar-refractivity contribution in [2.24, 2.45) is 5.92 Å². The van der Waals surface area contributed by atoms with Crippen LogP contribution in [0.15, 0.2) is 18.2 Å². The molecule has 0 aliphatic heterocycles. The van der Waals surface area contributed by atoms with E-state index in [2.05, 4.69) is 11.4 Å². The summed E-state index contributed by atoms with van der Waals surface area (Å²) in [6.07, 6.45) is 2.81. The highest BCUT2D eigenvalue weighted by Gasteiger charge is 2.28. The zero-order valence-electron chi connectivity index (χ0n) is 12.3. The molecule has 116 valence electrons. The molecule has 0 saturated heterocycles. The van der Waals surface area contributed by atoms with E-state index in [9.17, 15) is 14.0 Å². The Morgan fingerprint density at radius 3 is 2.77 bits per heavy atom. The fourth-order valence-electron chi connectivity index (χ4n) is 2.53. The quantitative estimate of drug-likeness (QED) is 0.870. The van der Waals surface area contributed by atoms with Crippen molar-refractivity contribution < 1.29 is 18.7 Å². The van der Waals surface area contributed by atoms with E-state index >= 15 is 0 Å². The fraction of sp³-hybridized carbons (Fsp3) is 0.438. The predicted molar refractivity (Wildman–Crippen MR) is 77.5 cm³/mol. The molecule has 1 aliphatic rings. The van der Waals surface area contributed by atoms with E-state index in [4.69, 9.17) is 10.00 Å². The molecule has 2 rings (SSSR count). The van der Waals surface area contributed by atoms with Crippen molar-refractivity contribution in [3.8, 4) is 6.07 Å². The summed E-state index contributed by atoms with van der Waals surface area (Å²) in [4.78, 5) is 23.2. The van der Waals surface area contributed by atoms with Crippen molar-refractivity contribution >= 4 is 17.6 Å². The summed E-state index contributed by atoms with van der Waals surface area (Å²) in [5, 5.41) is 11.4. The van der Waals surface area contributed by atoms with Crippen molar-refractivity contribution in [2.75, 3.05) is 5.32 Å². The van der Waals surface area contributed by atoms with Crippen molar-refractivity contribution in [1.82, 2.24) is 0 Å². The summed E-state index contributed by atoms with van der Waals surface area (Å²) in [6, 6.07) is 5.80. The number of rotatable bonds is 3. The van der Waals surface area contributed by atoms with E-state index in [0.29, 0.717) is 6.42 Å². The number of nitriles is 1. The number of carbonyl (C=O) groups excluding carboxylic acids is 2. The first kappa shape index (κ1) is 16.0. The van der Waals surface area contributed by atoms with Crippen LogP contribution in [0.25, 0.3) is 0 Å². The Balaban J connectivity index is 2.12. The van der Waals surface area contributed by atoms with Crippen molar-refractivity contribution in [3.63, 3.8) is 0 Å². The molecule has 0 bridgehead atoms. The minimum Gasteiger partial charge on any atom is -0.457 e. The summed E-state index contributed by atoms with van der Waals surface area (Å²) in [6.45, 7) is 1.25. The molecule has 1 saturated carbocycles. The van der Waals surface area contributed by atoms with Crippen LogP contribution in [-0.2, 0) is 9.53 Å². The van der Waals surface area contributed by atoms with Gasteiger partial charge in [0.2, 0.25) is 5.91 Å². The van der Waals surface area contributed by atoms with Gasteiger partial charge in [-0.2, -0.15) is 5.26 Å². The highest BCUT2D eigenvalue weighted by atomic mass is 19.1. The van der Waals surface area contributed by atoms with Crippen LogP contribution in [0.5, 0.6) is 0 Å². The molecular weight excluding hydrogens is 287 g/mol. The van der Waals surface area contributed by atoms with Gasteiger partial charge >= 0.3 is 5.97 Å². The SMILES string of the molecule is CC(=O)Nc1cc(C(=O)O[C@@H]2CCCC[C@@H]2C#N)ccc1F. The lowest BCUT2D eigenvalue weighted by Crippen LogP contribution is -2.29. The molecule has 6 heteroatoms. The van der Waals surface area contributed by atoms with Crippen molar-refractivity contribution in [3.05, 3.63) is 29.6 Å². The van der Waals surface area contributed by atoms with E-state index in [1.165, 1.54) is 19.1 Å². The molecule has 0 heterocycles. The van der Waals surface area contributed by atoms with Crippen LogP contribution >= 0.6 is 0 Å². The highest BCUT2D eigenvalue weighted by molar-refractivity contribution is 5.93. The smallest absolute Gasteiger partial charge is 0.338 e. The second-order valence-electron chi connectivity index (χ2n) is 5.34. The minimum absolute atomic E-state index is 0.0672. The summed E-state index contributed by atoms with van der Waals surface area (Å²) in [5.74, 6) is -1.97. The number of esters is 1. The largest absolute Gasteiger partial charge is 0.457 e. The van der Waals surface area contributed by atoms with Gasteiger partial charge in [0.05, 0.1) is 23.2 Å². The molecule has 0 spiro atoms. The molecule has 1 aliphatic carbocycles. The molecule has 1 aromatic carbocycles. The van der Waals surface area contributed by atoms with Crippen LogP contribution in [0.3, 0.4) is 0 Å². The maximum atomic E-state index is 13.6. The van der Waals surface area contributed by atoms with E-state index in [1.54, 1.807) is 0 Å². The van der Waals surface area contributed by atoms with Crippen LogP contribution in [0.4, 0.5) is 10.1 Å². The van der Waals surface area contributed by atoms with Gasteiger partial charge < -0.3 is 10.1 Å². The minimum atomic E-state index is -0.626. The maximum Gasteiger partial charge on any atom is 0.338 e. The third-order valence-corrected chi connectivity index (χ3v) is 3.64. The average molecular weight is 304 g/mol. The number of amides is 1. The lowest BCUT2D eigenvalue weighted by atomic mass is 9.87. The average Bonchev–Trinajstić information content (AvgIpc) is 2.49. The third-order valence-electron chi connectivity index (χ3n) is 3.64. The number of nitrogens with one attached hydrogen (secondary N) is 1. The number of hydrogen-bond acceptors (Lipinski definition) is 4. The molecule has 22 heavy (non-hydrogen) atoms. The second-order valence-corrected chi connectivity index (χ2v) is 5.34. The Morgan fingerprint density at radius 2 is 2.09 bits per heavy atom. The molecule has 2 atom stereocenters. The summed E-state index contributed by atoms with van der Waals surface area (Å²) in [7, 11) is 0. The van der Waals surface area contributed by atoms with Crippen molar-refractivity contribution in [2.45, 2.75) is 38.7 Å². The van der Waals surface area contributed by atoms with Gasteiger partial charge in [-0.3, -0.25) is 4.79 Å². The van der Waals surface area contributed by atoms with Crippen LogP contribution in [0.1, 0.15) is 43.0 Å². The number of nitrogens with zero attached hydrogens (tertiary/aromatic N) is 1. The Hall–Kier alpha value is -2.42. The summed E-state index contributed by atoms with van der Waals surface area (Å²) in [5.41, 5.74) is 0.0786. The Kier molecular flexibility index (Phi) is 5.10. The van der Waals surface area contributed by atoms with Crippen LogP contribution < -0.4 is 5.32 Å². The van der Waals surface area contributed by atoms with Gasteiger partial charge in [0.15, 0.2) is 0 Å². The maximum absolute atomic E-state index is 13.6. The van der Waals surface area contributed by atoms with Crippen molar-refractivity contribution in [1.29, 1.82) is 5.26 Å². The van der Waals surface area contributed by atoms with Gasteiger partial charge in [-0.1, -0.05) is 6.42 Å². The number of halogens is 1. The van der Waals surface area contributed by atoms with E-state index in [0.717, 1.165) is 25.3 Å². The van der Waals surface area contributed by atoms with Gasteiger partial charge in [0.1, 0.15) is 11.9 Å². The predicted octanol–water partition coefficient (Wildman–Crippen LogP) is 3.02. The van der Waals surface area contributed by atoms with E-state index in [-0.39, 0.29) is 17.2 Å². The first-order valence-electron chi connectivity index (χ1n) is 7.19. The fourth-order valence-corrected chi connectivity index (χ4v) is 2.53. The number of anilines is 1. The monoisotopic (exact) mass is 304 g/mol. The zero-order valence-corrected chi connectivity index (χ0v) is 12.3. The van der Waals surface area contributed by atoms with Crippen LogP contribution in [-0.4, -0.2) is 18.0 Å². The lowest BCUT2D eigenvalue weighted by molar-refractivity contribution is -0.114. The topological polar surface area (TPSA) is 79.2 Å². The molecule has 1 aromatic rings. The van der Waals surface area contributed by atoms with E-state index in [1.807, 2.05) is 0 Å². The number of benzene rings is 1. The number of hydrogen-bond donors (Lipinski definition) is 1. The molecule has 1 N–H and O–H groups in total. The highest BCUT2D eigenvalue weighted by Crippen LogP contribution is 2.27. The first-order chi connectivity index (χ1) is 10.5. The van der Waals surface area contributed by atoms with Gasteiger partial charge in [-0.15, -0.1) is 0 Å². The van der Waals surface area contributed by atoms with Crippen LogP contribution in [0, 0.1) is 23.1 Å². The third kappa shape index (κ3) is 3.82. The second kappa shape index (κ2) is 7.03. The normalized spacial score (nSPS) is 20.8. The van der Waals surface area contributed by atoms with E-state index < -0.39 is 23.8 Å². The van der Waals surface area contributed by atoms with Gasteiger partial charge in [0, 0.05) is 6.92 Å².